The van der Waals surface area contributed by atoms with Crippen LogP contribution in [0.1, 0.15) is 0 Å². The minimum absolute atomic E-state index is 0.419. The number of nitrogens with zero attached hydrogens (tertiary/aromatic N) is 1. The molecule has 1 heterocycles. The average molecular weight is 251 g/mol. The molecule has 16 heavy (non-hydrogen) atoms. The smallest absolute Gasteiger partial charge is 0.131 e. The van der Waals surface area contributed by atoms with Gasteiger partial charge in [-0.25, -0.2) is 4.98 Å². The molecule has 0 unspecified atom stereocenters. The van der Waals surface area contributed by atoms with E-state index >= 15 is 0 Å². The molecule has 1 aromatic heterocycles. The predicted molar refractivity (Wildman–Crippen MR) is 70.9 cm³/mol. The average Bonchev–Trinajstić information content (AvgIpc) is 2.29. The van der Waals surface area contributed by atoms with Gasteiger partial charge in [-0.15, -0.1) is 11.8 Å². The number of thioether (sulfide) groups is 1. The van der Waals surface area contributed by atoms with Crippen molar-refractivity contribution in [1.29, 1.82) is 0 Å². The molecule has 0 atom stereocenters. The van der Waals surface area contributed by atoms with Crippen molar-refractivity contribution in [2.45, 2.75) is 4.90 Å². The fraction of sp³-hybridized carbons (Fsp3) is 0.0833. The van der Waals surface area contributed by atoms with E-state index in [1.165, 1.54) is 4.90 Å². The lowest BCUT2D eigenvalue weighted by Crippen LogP contribution is -1.92. The number of nitrogen functional groups attached to an aromatic ring is 1. The van der Waals surface area contributed by atoms with E-state index in [-0.39, 0.29) is 0 Å². The number of hydrogen-bond acceptors (Lipinski definition) is 3. The van der Waals surface area contributed by atoms with Crippen LogP contribution in [-0.2, 0) is 0 Å². The summed E-state index contributed by atoms with van der Waals surface area (Å²) in [6.07, 6.45) is 3.76. The molecule has 2 nitrogen and oxygen atoms in total. The molecule has 2 aromatic rings. The van der Waals surface area contributed by atoms with Crippen LogP contribution in [0.4, 0.5) is 5.69 Å². The third kappa shape index (κ3) is 2.15. The lowest BCUT2D eigenvalue weighted by atomic mass is 10.1. The molecule has 0 saturated heterocycles. The molecule has 0 amide bonds. The van der Waals surface area contributed by atoms with E-state index in [0.29, 0.717) is 10.8 Å². The van der Waals surface area contributed by atoms with Gasteiger partial charge in [0.1, 0.15) is 5.15 Å². The van der Waals surface area contributed by atoms with Crippen LogP contribution in [0, 0.1) is 0 Å². The van der Waals surface area contributed by atoms with Gasteiger partial charge in [-0.1, -0.05) is 29.8 Å². The molecular weight excluding hydrogens is 240 g/mol. The van der Waals surface area contributed by atoms with Crippen molar-refractivity contribution in [3.63, 3.8) is 0 Å². The Labute approximate surface area is 104 Å². The van der Waals surface area contributed by atoms with Crippen LogP contribution >= 0.6 is 23.4 Å². The highest BCUT2D eigenvalue weighted by atomic mass is 35.5. The number of anilines is 1. The Hall–Kier alpha value is -1.19. The van der Waals surface area contributed by atoms with Crippen molar-refractivity contribution < 1.29 is 0 Å². The van der Waals surface area contributed by atoms with Crippen LogP contribution in [0.25, 0.3) is 11.1 Å². The van der Waals surface area contributed by atoms with Crippen molar-refractivity contribution in [1.82, 2.24) is 4.98 Å². The van der Waals surface area contributed by atoms with Crippen LogP contribution in [0.2, 0.25) is 5.15 Å². The van der Waals surface area contributed by atoms with Gasteiger partial charge < -0.3 is 5.73 Å². The summed E-state index contributed by atoms with van der Waals surface area (Å²) >= 11 is 7.47. The van der Waals surface area contributed by atoms with E-state index in [2.05, 4.69) is 11.1 Å². The van der Waals surface area contributed by atoms with E-state index < -0.39 is 0 Å². The van der Waals surface area contributed by atoms with E-state index in [1.807, 2.05) is 24.5 Å². The first-order valence-corrected chi connectivity index (χ1v) is 6.37. The third-order valence-electron chi connectivity index (χ3n) is 2.30. The highest BCUT2D eigenvalue weighted by molar-refractivity contribution is 7.98. The van der Waals surface area contributed by atoms with Crippen LogP contribution in [0.15, 0.2) is 41.4 Å². The zero-order chi connectivity index (χ0) is 11.5. The van der Waals surface area contributed by atoms with Crippen LogP contribution in [0.5, 0.6) is 0 Å². The zero-order valence-corrected chi connectivity index (χ0v) is 10.3. The maximum Gasteiger partial charge on any atom is 0.131 e. The summed E-state index contributed by atoms with van der Waals surface area (Å²) in [5.41, 5.74) is 8.62. The quantitative estimate of drug-likeness (QED) is 0.652. The molecule has 0 aliphatic carbocycles. The number of aromatic nitrogens is 1. The van der Waals surface area contributed by atoms with E-state index in [4.69, 9.17) is 17.3 Å². The zero-order valence-electron chi connectivity index (χ0n) is 8.77. The Morgan fingerprint density at radius 1 is 1.25 bits per heavy atom. The molecule has 0 spiro atoms. The SMILES string of the molecule is CSc1ccccc1-c1cnc(Cl)cc1N. The summed E-state index contributed by atoms with van der Waals surface area (Å²) in [7, 11) is 0. The van der Waals surface area contributed by atoms with Crippen molar-refractivity contribution in [3.8, 4) is 11.1 Å². The van der Waals surface area contributed by atoms with Gasteiger partial charge in [0, 0.05) is 22.3 Å². The molecule has 2 N–H and O–H groups in total. The van der Waals surface area contributed by atoms with Gasteiger partial charge in [-0.2, -0.15) is 0 Å². The summed E-state index contributed by atoms with van der Waals surface area (Å²) in [6, 6.07) is 9.77. The van der Waals surface area contributed by atoms with E-state index in [0.717, 1.165) is 11.1 Å². The third-order valence-corrected chi connectivity index (χ3v) is 3.30. The highest BCUT2D eigenvalue weighted by Crippen LogP contribution is 2.33. The monoisotopic (exact) mass is 250 g/mol. The van der Waals surface area contributed by atoms with Gasteiger partial charge in [-0.3, -0.25) is 0 Å². The molecule has 0 fully saturated rings. The molecule has 4 heteroatoms. The molecule has 2 rings (SSSR count). The molecule has 0 radical (unpaired) electrons. The maximum atomic E-state index is 5.94. The first-order chi connectivity index (χ1) is 7.72. The number of hydrogen-bond donors (Lipinski definition) is 1. The van der Waals surface area contributed by atoms with Crippen molar-refractivity contribution in [2.24, 2.45) is 0 Å². The highest BCUT2D eigenvalue weighted by Gasteiger charge is 2.07. The minimum Gasteiger partial charge on any atom is -0.398 e. The lowest BCUT2D eigenvalue weighted by molar-refractivity contribution is 1.32. The summed E-state index contributed by atoms with van der Waals surface area (Å²) in [4.78, 5) is 5.25. The fourth-order valence-corrected chi connectivity index (χ4v) is 2.32. The van der Waals surface area contributed by atoms with Gasteiger partial charge in [0.25, 0.3) is 0 Å². The number of halogens is 1. The molecular formula is C12H11ClN2S. The van der Waals surface area contributed by atoms with E-state index in [9.17, 15) is 0 Å². The van der Waals surface area contributed by atoms with Crippen LogP contribution in [0.3, 0.4) is 0 Å². The van der Waals surface area contributed by atoms with Gasteiger partial charge >= 0.3 is 0 Å². The number of benzene rings is 1. The fourth-order valence-electron chi connectivity index (χ4n) is 1.54. The first kappa shape index (κ1) is 11.3. The maximum absolute atomic E-state index is 5.94. The second kappa shape index (κ2) is 4.76. The second-order valence-electron chi connectivity index (χ2n) is 3.29. The molecule has 0 aliphatic heterocycles. The van der Waals surface area contributed by atoms with Crippen LogP contribution < -0.4 is 5.73 Å². The minimum atomic E-state index is 0.419. The molecule has 0 aliphatic rings. The van der Waals surface area contributed by atoms with Crippen molar-refractivity contribution in [3.05, 3.63) is 41.7 Å². The molecule has 0 saturated carbocycles. The van der Waals surface area contributed by atoms with Crippen molar-refractivity contribution in [2.75, 3.05) is 12.0 Å². The number of rotatable bonds is 2. The summed E-state index contributed by atoms with van der Waals surface area (Å²) < 4.78 is 0. The van der Waals surface area contributed by atoms with Gasteiger partial charge in [-0.05, 0) is 24.0 Å². The largest absolute Gasteiger partial charge is 0.398 e. The summed E-state index contributed by atoms with van der Waals surface area (Å²) in [5, 5.41) is 0.419. The number of nitrogens with two attached hydrogens (primary N) is 1. The van der Waals surface area contributed by atoms with E-state index in [1.54, 1.807) is 24.0 Å². The topological polar surface area (TPSA) is 38.9 Å². The summed E-state index contributed by atoms with van der Waals surface area (Å²) in [5.74, 6) is 0. The summed E-state index contributed by atoms with van der Waals surface area (Å²) in [6.45, 7) is 0. The Morgan fingerprint density at radius 2 is 2.00 bits per heavy atom. The standard InChI is InChI=1S/C12H11ClN2S/c1-16-11-5-3-2-4-8(11)9-7-15-12(13)6-10(9)14/h2-7H,1H3,(H2,14,15). The Balaban J connectivity index is 2.58. The number of pyridine rings is 1. The van der Waals surface area contributed by atoms with Gasteiger partial charge in [0.15, 0.2) is 0 Å². The Morgan fingerprint density at radius 3 is 2.69 bits per heavy atom. The Kier molecular flexibility index (Phi) is 3.36. The molecule has 82 valence electrons. The predicted octanol–water partition coefficient (Wildman–Crippen LogP) is 3.71. The van der Waals surface area contributed by atoms with Gasteiger partial charge in [0.05, 0.1) is 0 Å². The molecule has 1 aromatic carbocycles. The normalized spacial score (nSPS) is 10.4. The second-order valence-corrected chi connectivity index (χ2v) is 4.53. The molecule has 0 bridgehead atoms. The Bertz CT molecular complexity index is 514. The van der Waals surface area contributed by atoms with Crippen molar-refractivity contribution >= 4 is 29.1 Å². The van der Waals surface area contributed by atoms with Gasteiger partial charge in [0.2, 0.25) is 0 Å². The first-order valence-electron chi connectivity index (χ1n) is 4.77. The lowest BCUT2D eigenvalue weighted by Gasteiger charge is -2.09. The van der Waals surface area contributed by atoms with Crippen LogP contribution in [-0.4, -0.2) is 11.2 Å².